The number of imidazole rings is 1. The molecule has 6 heteroatoms. The lowest BCUT2D eigenvalue weighted by molar-refractivity contribution is -0.384. The molecule has 0 saturated carbocycles. The third kappa shape index (κ3) is 2.54. The predicted octanol–water partition coefficient (Wildman–Crippen LogP) is 1.67. The average Bonchev–Trinajstić information content (AvgIpc) is 2.82. The van der Waals surface area contributed by atoms with Crippen molar-refractivity contribution in [1.82, 2.24) is 9.55 Å². The lowest BCUT2D eigenvalue weighted by Gasteiger charge is -2.01. The highest BCUT2D eigenvalue weighted by Gasteiger charge is 2.09. The van der Waals surface area contributed by atoms with Gasteiger partial charge in [0, 0.05) is 30.1 Å². The SMILES string of the molecule is O=C(Cn1ccnc1)c1ccc([N+](=O)[O-])cc1. The molecule has 0 aliphatic carbocycles. The molecule has 0 amide bonds. The Hall–Kier alpha value is -2.50. The number of aromatic nitrogens is 2. The molecule has 0 atom stereocenters. The first-order chi connectivity index (χ1) is 8.16. The van der Waals surface area contributed by atoms with Gasteiger partial charge in [0.15, 0.2) is 5.78 Å². The molecule has 0 saturated heterocycles. The topological polar surface area (TPSA) is 78.0 Å². The normalized spacial score (nSPS) is 10.1. The van der Waals surface area contributed by atoms with E-state index in [-0.39, 0.29) is 18.0 Å². The minimum atomic E-state index is -0.496. The van der Waals surface area contributed by atoms with Gasteiger partial charge in [0.25, 0.3) is 5.69 Å². The van der Waals surface area contributed by atoms with Crippen molar-refractivity contribution in [3.63, 3.8) is 0 Å². The van der Waals surface area contributed by atoms with Crippen LogP contribution in [0.15, 0.2) is 43.0 Å². The van der Waals surface area contributed by atoms with Crippen LogP contribution in [-0.4, -0.2) is 20.3 Å². The van der Waals surface area contributed by atoms with Gasteiger partial charge in [-0.05, 0) is 12.1 Å². The fourth-order valence-corrected chi connectivity index (χ4v) is 1.41. The summed E-state index contributed by atoms with van der Waals surface area (Å²) in [5.74, 6) is -0.113. The van der Waals surface area contributed by atoms with E-state index in [2.05, 4.69) is 4.98 Å². The van der Waals surface area contributed by atoms with E-state index in [4.69, 9.17) is 0 Å². The monoisotopic (exact) mass is 231 g/mol. The second-order valence-corrected chi connectivity index (χ2v) is 3.46. The number of hydrogen-bond acceptors (Lipinski definition) is 4. The van der Waals surface area contributed by atoms with Crippen LogP contribution in [0.4, 0.5) is 5.69 Å². The van der Waals surface area contributed by atoms with E-state index in [0.717, 1.165) is 0 Å². The van der Waals surface area contributed by atoms with Gasteiger partial charge < -0.3 is 4.57 Å². The zero-order valence-corrected chi connectivity index (χ0v) is 8.81. The van der Waals surface area contributed by atoms with Gasteiger partial charge in [-0.15, -0.1) is 0 Å². The third-order valence-electron chi connectivity index (χ3n) is 2.29. The maximum absolute atomic E-state index is 11.8. The minimum absolute atomic E-state index is 0.0239. The number of carbonyl (C=O) groups is 1. The summed E-state index contributed by atoms with van der Waals surface area (Å²) in [5, 5.41) is 10.4. The molecule has 0 bridgehead atoms. The number of carbonyl (C=O) groups excluding carboxylic acids is 1. The summed E-state index contributed by atoms with van der Waals surface area (Å²) in [6.07, 6.45) is 4.82. The van der Waals surface area contributed by atoms with Crippen LogP contribution < -0.4 is 0 Å². The molecule has 86 valence electrons. The Morgan fingerprint density at radius 2 is 2.06 bits per heavy atom. The van der Waals surface area contributed by atoms with Crippen LogP contribution in [-0.2, 0) is 6.54 Å². The number of nitrogens with zero attached hydrogens (tertiary/aromatic N) is 3. The van der Waals surface area contributed by atoms with Gasteiger partial charge in [-0.1, -0.05) is 0 Å². The van der Waals surface area contributed by atoms with E-state index in [1.807, 2.05) is 0 Å². The summed E-state index contributed by atoms with van der Waals surface area (Å²) < 4.78 is 1.64. The van der Waals surface area contributed by atoms with Crippen LogP contribution in [0.1, 0.15) is 10.4 Å². The Kier molecular flexibility index (Phi) is 2.95. The molecule has 2 aromatic rings. The van der Waals surface area contributed by atoms with Gasteiger partial charge in [0.05, 0.1) is 17.8 Å². The van der Waals surface area contributed by atoms with Crippen molar-refractivity contribution in [3.05, 3.63) is 58.7 Å². The second-order valence-electron chi connectivity index (χ2n) is 3.46. The van der Waals surface area contributed by atoms with Gasteiger partial charge >= 0.3 is 0 Å². The summed E-state index contributed by atoms with van der Waals surface area (Å²) in [6, 6.07) is 5.55. The summed E-state index contributed by atoms with van der Waals surface area (Å²) >= 11 is 0. The van der Waals surface area contributed by atoms with Crippen molar-refractivity contribution in [2.75, 3.05) is 0 Å². The highest BCUT2D eigenvalue weighted by Crippen LogP contribution is 2.12. The van der Waals surface area contributed by atoms with Gasteiger partial charge in [-0.25, -0.2) is 4.98 Å². The van der Waals surface area contributed by atoms with Crippen molar-refractivity contribution >= 4 is 11.5 Å². The molecule has 1 heterocycles. The van der Waals surface area contributed by atoms with E-state index in [0.29, 0.717) is 5.56 Å². The van der Waals surface area contributed by atoms with E-state index in [9.17, 15) is 14.9 Å². The fourth-order valence-electron chi connectivity index (χ4n) is 1.41. The molecule has 2 rings (SSSR count). The number of nitro groups is 1. The van der Waals surface area contributed by atoms with Crippen LogP contribution in [0.3, 0.4) is 0 Å². The molecule has 0 radical (unpaired) electrons. The van der Waals surface area contributed by atoms with Crippen LogP contribution in [0.5, 0.6) is 0 Å². The zero-order chi connectivity index (χ0) is 12.3. The first kappa shape index (κ1) is 11.0. The highest BCUT2D eigenvalue weighted by molar-refractivity contribution is 5.96. The Morgan fingerprint density at radius 3 is 2.59 bits per heavy atom. The fraction of sp³-hybridized carbons (Fsp3) is 0.0909. The summed E-state index contributed by atoms with van der Waals surface area (Å²) in [4.78, 5) is 25.6. The molecule has 17 heavy (non-hydrogen) atoms. The summed E-state index contributed by atoms with van der Waals surface area (Å²) in [7, 11) is 0. The maximum atomic E-state index is 11.8. The molecule has 0 N–H and O–H groups in total. The number of non-ortho nitro benzene ring substituents is 1. The molecule has 0 unspecified atom stereocenters. The summed E-state index contributed by atoms with van der Waals surface area (Å²) in [6.45, 7) is 0.178. The number of Topliss-reactive ketones (excluding diaryl/α,β-unsaturated/α-hetero) is 1. The molecule has 0 fully saturated rings. The predicted molar refractivity (Wildman–Crippen MR) is 59.7 cm³/mol. The summed E-state index contributed by atoms with van der Waals surface area (Å²) in [5.41, 5.74) is 0.425. The standard InChI is InChI=1S/C11H9N3O3/c15-11(7-13-6-5-12-8-13)9-1-3-10(4-2-9)14(16)17/h1-6,8H,7H2. The van der Waals surface area contributed by atoms with E-state index < -0.39 is 4.92 Å². The van der Waals surface area contributed by atoms with Gasteiger partial charge in [0.2, 0.25) is 0 Å². The van der Waals surface area contributed by atoms with Crippen LogP contribution >= 0.6 is 0 Å². The zero-order valence-electron chi connectivity index (χ0n) is 8.81. The van der Waals surface area contributed by atoms with Crippen LogP contribution in [0.2, 0.25) is 0 Å². The van der Waals surface area contributed by atoms with Gasteiger partial charge in [-0.2, -0.15) is 0 Å². The van der Waals surface area contributed by atoms with Crippen molar-refractivity contribution < 1.29 is 9.72 Å². The van der Waals surface area contributed by atoms with Crippen molar-refractivity contribution in [3.8, 4) is 0 Å². The minimum Gasteiger partial charge on any atom is -0.330 e. The van der Waals surface area contributed by atoms with Crippen molar-refractivity contribution in [2.45, 2.75) is 6.54 Å². The van der Waals surface area contributed by atoms with Crippen molar-refractivity contribution in [1.29, 1.82) is 0 Å². The third-order valence-corrected chi connectivity index (χ3v) is 2.29. The Labute approximate surface area is 96.7 Å². The molecular weight excluding hydrogens is 222 g/mol. The number of ketones is 1. The number of benzene rings is 1. The van der Waals surface area contributed by atoms with Crippen LogP contribution in [0, 0.1) is 10.1 Å². The quantitative estimate of drug-likeness (QED) is 0.455. The Bertz CT molecular complexity index is 532. The number of nitro benzene ring substituents is 1. The number of hydrogen-bond donors (Lipinski definition) is 0. The smallest absolute Gasteiger partial charge is 0.269 e. The van der Waals surface area contributed by atoms with Crippen molar-refractivity contribution in [2.24, 2.45) is 0 Å². The average molecular weight is 231 g/mol. The largest absolute Gasteiger partial charge is 0.330 e. The van der Waals surface area contributed by atoms with E-state index in [1.165, 1.54) is 24.3 Å². The second kappa shape index (κ2) is 4.56. The lowest BCUT2D eigenvalue weighted by Crippen LogP contribution is -2.08. The van der Waals surface area contributed by atoms with Crippen LogP contribution in [0.25, 0.3) is 0 Å². The van der Waals surface area contributed by atoms with Gasteiger partial charge in [0.1, 0.15) is 0 Å². The molecule has 0 aliphatic heterocycles. The van der Waals surface area contributed by atoms with E-state index >= 15 is 0 Å². The molecule has 0 spiro atoms. The number of rotatable bonds is 4. The molecule has 1 aromatic carbocycles. The maximum Gasteiger partial charge on any atom is 0.269 e. The molecular formula is C11H9N3O3. The van der Waals surface area contributed by atoms with Gasteiger partial charge in [-0.3, -0.25) is 14.9 Å². The first-order valence-electron chi connectivity index (χ1n) is 4.90. The molecule has 1 aromatic heterocycles. The molecule has 0 aliphatic rings. The first-order valence-corrected chi connectivity index (χ1v) is 4.90. The Morgan fingerprint density at radius 1 is 1.35 bits per heavy atom. The molecule has 6 nitrogen and oxygen atoms in total. The lowest BCUT2D eigenvalue weighted by atomic mass is 10.1. The van der Waals surface area contributed by atoms with E-state index in [1.54, 1.807) is 23.3 Å². The highest BCUT2D eigenvalue weighted by atomic mass is 16.6. The Balaban J connectivity index is 2.12.